The number of amides is 2. The van der Waals surface area contributed by atoms with E-state index in [9.17, 15) is 9.59 Å². The molecule has 0 unspecified atom stereocenters. The number of rotatable bonds is 6. The minimum atomic E-state index is -0.130. The lowest BCUT2D eigenvalue weighted by Gasteiger charge is -2.17. The van der Waals surface area contributed by atoms with E-state index in [2.05, 4.69) is 21.0 Å². The second kappa shape index (κ2) is 9.53. The van der Waals surface area contributed by atoms with Gasteiger partial charge in [-0.25, -0.2) is 0 Å². The molecule has 3 rings (SSSR count). The molecule has 2 heterocycles. The van der Waals surface area contributed by atoms with E-state index in [1.165, 1.54) is 0 Å². The van der Waals surface area contributed by atoms with Crippen molar-refractivity contribution in [2.24, 2.45) is 13.0 Å². The highest BCUT2D eigenvalue weighted by Gasteiger charge is 2.34. The molecule has 0 bridgehead atoms. The van der Waals surface area contributed by atoms with Gasteiger partial charge in [0.15, 0.2) is 0 Å². The molecule has 0 aliphatic carbocycles. The Balaban J connectivity index is 0.00000261. The van der Waals surface area contributed by atoms with Gasteiger partial charge in [-0.15, -0.1) is 12.4 Å². The molecule has 1 aliphatic rings. The van der Waals surface area contributed by atoms with Crippen LogP contribution in [-0.4, -0.2) is 47.8 Å². The summed E-state index contributed by atoms with van der Waals surface area (Å²) < 4.78 is 1.75. The predicted octanol–water partition coefficient (Wildman–Crippen LogP) is 1.000. The molecule has 1 fully saturated rings. The molecule has 2 amide bonds. The first-order chi connectivity index (χ1) is 12.5. The van der Waals surface area contributed by atoms with Gasteiger partial charge >= 0.3 is 0 Å². The number of nitrogens with one attached hydrogen (secondary N) is 3. The van der Waals surface area contributed by atoms with Crippen LogP contribution in [0.5, 0.6) is 0 Å². The van der Waals surface area contributed by atoms with Crippen molar-refractivity contribution in [3.8, 4) is 0 Å². The van der Waals surface area contributed by atoms with Crippen LogP contribution in [0.15, 0.2) is 36.7 Å². The molecule has 1 aromatic carbocycles. The summed E-state index contributed by atoms with van der Waals surface area (Å²) in [6.45, 7) is 4.21. The van der Waals surface area contributed by atoms with E-state index in [-0.39, 0.29) is 36.1 Å². The quantitative estimate of drug-likeness (QED) is 0.641. The lowest BCUT2D eigenvalue weighted by atomic mass is 9.90. The second-order valence-electron chi connectivity index (χ2n) is 6.73. The maximum Gasteiger partial charge on any atom is 0.251 e. The zero-order valence-electron chi connectivity index (χ0n) is 15.6. The molecule has 0 radical (unpaired) electrons. The Kier molecular flexibility index (Phi) is 7.38. The van der Waals surface area contributed by atoms with Gasteiger partial charge in [0.1, 0.15) is 0 Å². The molecule has 7 nitrogen and oxygen atoms in total. The highest BCUT2D eigenvalue weighted by atomic mass is 35.5. The summed E-state index contributed by atoms with van der Waals surface area (Å²) in [5.41, 5.74) is 2.81. The fourth-order valence-electron chi connectivity index (χ4n) is 3.24. The molecule has 27 heavy (non-hydrogen) atoms. The molecule has 1 aliphatic heterocycles. The summed E-state index contributed by atoms with van der Waals surface area (Å²) >= 11 is 0. The largest absolute Gasteiger partial charge is 0.354 e. The number of halogens is 1. The Bertz CT molecular complexity index is 775. The fraction of sp³-hybridized carbons (Fsp3) is 0.421. The van der Waals surface area contributed by atoms with Gasteiger partial charge in [0.05, 0.1) is 12.1 Å². The topological polar surface area (TPSA) is 88.1 Å². The van der Waals surface area contributed by atoms with Gasteiger partial charge in [0.2, 0.25) is 5.91 Å². The second-order valence-corrected chi connectivity index (χ2v) is 6.73. The standard InChI is InChI=1S/C19H25N5O2.ClH/c1-13-3-5-14(6-4-13)18(25)21-7-8-22-19(26)17-11-20-10-16(17)15-9-23-24(2)12-15;/h3-6,9,12,16-17,20H,7-8,10-11H2,1-2H3,(H,21,25)(H,22,26);1H/t16-,17+;/m1./s1. The van der Waals surface area contributed by atoms with Crippen LogP contribution in [0.25, 0.3) is 0 Å². The van der Waals surface area contributed by atoms with Gasteiger partial charge in [0.25, 0.3) is 5.91 Å². The molecule has 1 aromatic heterocycles. The maximum atomic E-state index is 12.5. The van der Waals surface area contributed by atoms with E-state index in [0.717, 1.165) is 17.7 Å². The third-order valence-corrected chi connectivity index (χ3v) is 4.73. The van der Waals surface area contributed by atoms with E-state index in [4.69, 9.17) is 0 Å². The highest BCUT2D eigenvalue weighted by molar-refractivity contribution is 5.94. The Labute approximate surface area is 165 Å². The first-order valence-corrected chi connectivity index (χ1v) is 8.86. The Morgan fingerprint density at radius 2 is 1.89 bits per heavy atom. The number of aryl methyl sites for hydroxylation is 2. The number of aromatic nitrogens is 2. The minimum Gasteiger partial charge on any atom is -0.354 e. The van der Waals surface area contributed by atoms with Crippen LogP contribution >= 0.6 is 12.4 Å². The Morgan fingerprint density at radius 3 is 2.56 bits per heavy atom. The van der Waals surface area contributed by atoms with Crippen LogP contribution < -0.4 is 16.0 Å². The van der Waals surface area contributed by atoms with Crippen molar-refractivity contribution in [3.05, 3.63) is 53.3 Å². The number of nitrogens with zero attached hydrogens (tertiary/aromatic N) is 2. The van der Waals surface area contributed by atoms with Crippen molar-refractivity contribution >= 4 is 24.2 Å². The minimum absolute atomic E-state index is 0. The zero-order chi connectivity index (χ0) is 18.5. The zero-order valence-corrected chi connectivity index (χ0v) is 16.4. The lowest BCUT2D eigenvalue weighted by Crippen LogP contribution is -2.39. The number of hydrogen-bond acceptors (Lipinski definition) is 4. The molecule has 2 atom stereocenters. The predicted molar refractivity (Wildman–Crippen MR) is 106 cm³/mol. The summed E-state index contributed by atoms with van der Waals surface area (Å²) in [5.74, 6) is -0.110. The summed E-state index contributed by atoms with van der Waals surface area (Å²) in [4.78, 5) is 24.6. The molecule has 146 valence electrons. The SMILES string of the molecule is Cc1ccc(C(=O)NCCNC(=O)[C@H]2CNC[C@@H]2c2cnn(C)c2)cc1.Cl. The number of carbonyl (C=O) groups excluding carboxylic acids is 2. The summed E-state index contributed by atoms with van der Waals surface area (Å²) in [6.07, 6.45) is 3.78. The number of benzene rings is 1. The van der Waals surface area contributed by atoms with Crippen molar-refractivity contribution in [3.63, 3.8) is 0 Å². The molecule has 8 heteroatoms. The van der Waals surface area contributed by atoms with Gasteiger partial charge in [-0.05, 0) is 24.6 Å². The van der Waals surface area contributed by atoms with Crippen LogP contribution in [0.1, 0.15) is 27.4 Å². The molecule has 1 saturated heterocycles. The van der Waals surface area contributed by atoms with E-state index in [1.807, 2.05) is 38.5 Å². The molecule has 2 aromatic rings. The fourth-order valence-corrected chi connectivity index (χ4v) is 3.24. The van der Waals surface area contributed by atoms with E-state index in [1.54, 1.807) is 16.8 Å². The van der Waals surface area contributed by atoms with Gasteiger partial charge in [-0.3, -0.25) is 14.3 Å². The van der Waals surface area contributed by atoms with Crippen LogP contribution in [0.2, 0.25) is 0 Å². The van der Waals surface area contributed by atoms with E-state index >= 15 is 0 Å². The van der Waals surface area contributed by atoms with Crippen molar-refractivity contribution in [1.82, 2.24) is 25.7 Å². The van der Waals surface area contributed by atoms with Gasteiger partial charge in [-0.2, -0.15) is 5.10 Å². The van der Waals surface area contributed by atoms with Crippen molar-refractivity contribution in [1.29, 1.82) is 0 Å². The number of hydrogen-bond donors (Lipinski definition) is 3. The Hall–Kier alpha value is -2.38. The van der Waals surface area contributed by atoms with E-state index < -0.39 is 0 Å². The van der Waals surface area contributed by atoms with Crippen molar-refractivity contribution < 1.29 is 9.59 Å². The third-order valence-electron chi connectivity index (χ3n) is 4.73. The highest BCUT2D eigenvalue weighted by Crippen LogP contribution is 2.27. The monoisotopic (exact) mass is 391 g/mol. The maximum absolute atomic E-state index is 12.5. The summed E-state index contributed by atoms with van der Waals surface area (Å²) in [7, 11) is 1.87. The normalized spacial score (nSPS) is 18.6. The summed E-state index contributed by atoms with van der Waals surface area (Å²) in [6, 6.07) is 7.41. The van der Waals surface area contributed by atoms with Crippen LogP contribution in [0.4, 0.5) is 0 Å². The van der Waals surface area contributed by atoms with Gasteiger partial charge in [-0.1, -0.05) is 17.7 Å². The third kappa shape index (κ3) is 5.30. The Morgan fingerprint density at radius 1 is 1.19 bits per heavy atom. The smallest absolute Gasteiger partial charge is 0.251 e. The van der Waals surface area contributed by atoms with Crippen LogP contribution in [0.3, 0.4) is 0 Å². The van der Waals surface area contributed by atoms with Gasteiger partial charge < -0.3 is 16.0 Å². The number of carbonyl (C=O) groups is 2. The average Bonchev–Trinajstić information content (AvgIpc) is 3.27. The lowest BCUT2D eigenvalue weighted by molar-refractivity contribution is -0.124. The van der Waals surface area contributed by atoms with E-state index in [0.29, 0.717) is 25.2 Å². The summed E-state index contributed by atoms with van der Waals surface area (Å²) in [5, 5.41) is 13.2. The molecular formula is C19H26ClN5O2. The van der Waals surface area contributed by atoms with Gasteiger partial charge in [0, 0.05) is 50.9 Å². The molecular weight excluding hydrogens is 366 g/mol. The molecule has 0 spiro atoms. The van der Waals surface area contributed by atoms with Crippen molar-refractivity contribution in [2.45, 2.75) is 12.8 Å². The van der Waals surface area contributed by atoms with Crippen molar-refractivity contribution in [2.75, 3.05) is 26.2 Å². The first kappa shape index (κ1) is 20.9. The molecule has 3 N–H and O–H groups in total. The first-order valence-electron chi connectivity index (χ1n) is 8.86. The van der Waals surface area contributed by atoms with Crippen LogP contribution in [0, 0.1) is 12.8 Å². The molecule has 0 saturated carbocycles. The van der Waals surface area contributed by atoms with Crippen LogP contribution in [-0.2, 0) is 11.8 Å². The average molecular weight is 392 g/mol.